The Kier molecular flexibility index (Phi) is 6.61. The van der Waals surface area contributed by atoms with Crippen molar-refractivity contribution in [1.29, 1.82) is 0 Å². The third-order valence-electron chi connectivity index (χ3n) is 2.52. The van der Waals surface area contributed by atoms with Crippen molar-refractivity contribution in [2.45, 2.75) is 13.3 Å². The molecule has 7 heteroatoms. The molecule has 20 heavy (non-hydrogen) atoms. The van der Waals surface area contributed by atoms with Crippen molar-refractivity contribution in [2.24, 2.45) is 0 Å². The first-order chi connectivity index (χ1) is 9.54. The Morgan fingerprint density at radius 2 is 2.15 bits per heavy atom. The quantitative estimate of drug-likeness (QED) is 0.421. The Morgan fingerprint density at radius 1 is 1.40 bits per heavy atom. The lowest BCUT2D eigenvalue weighted by molar-refractivity contribution is -0.384. The monoisotopic (exact) mass is 282 g/mol. The zero-order valence-electron chi connectivity index (χ0n) is 11.3. The summed E-state index contributed by atoms with van der Waals surface area (Å²) in [6.07, 6.45) is 0.611. The van der Waals surface area contributed by atoms with E-state index in [4.69, 9.17) is 9.84 Å². The number of rotatable bonds is 8. The standard InChI is InChI=1S/C13H18N2O5/c1-10-7-11(9-12(8-10)15(18)19)13(17)14-3-2-5-20-6-4-16/h7-9,16H,2-6H2,1H3,(H,14,17). The van der Waals surface area contributed by atoms with E-state index in [1.807, 2.05) is 0 Å². The van der Waals surface area contributed by atoms with E-state index < -0.39 is 4.92 Å². The van der Waals surface area contributed by atoms with Crippen molar-refractivity contribution in [2.75, 3.05) is 26.4 Å². The molecule has 0 unspecified atom stereocenters. The number of carbonyl (C=O) groups is 1. The molecular weight excluding hydrogens is 264 g/mol. The first-order valence-electron chi connectivity index (χ1n) is 6.27. The van der Waals surface area contributed by atoms with Gasteiger partial charge in [0, 0.05) is 30.8 Å². The predicted molar refractivity (Wildman–Crippen MR) is 72.7 cm³/mol. The van der Waals surface area contributed by atoms with Crippen molar-refractivity contribution < 1.29 is 19.6 Å². The van der Waals surface area contributed by atoms with Crippen LogP contribution in [0.1, 0.15) is 22.3 Å². The molecule has 0 aliphatic heterocycles. The lowest BCUT2D eigenvalue weighted by atomic mass is 10.1. The number of nitrogens with one attached hydrogen (secondary N) is 1. The summed E-state index contributed by atoms with van der Waals surface area (Å²) in [6, 6.07) is 4.27. The smallest absolute Gasteiger partial charge is 0.270 e. The van der Waals surface area contributed by atoms with Gasteiger partial charge >= 0.3 is 0 Å². The summed E-state index contributed by atoms with van der Waals surface area (Å²) in [6.45, 7) is 2.80. The zero-order chi connectivity index (χ0) is 15.0. The lowest BCUT2D eigenvalue weighted by Gasteiger charge is -2.06. The number of hydrogen-bond acceptors (Lipinski definition) is 5. The molecule has 0 atom stereocenters. The molecule has 0 saturated heterocycles. The summed E-state index contributed by atoms with van der Waals surface area (Å²) in [5, 5.41) is 21.9. The van der Waals surface area contributed by atoms with Crippen LogP contribution in [0.5, 0.6) is 0 Å². The minimum atomic E-state index is -0.521. The Bertz CT molecular complexity index is 476. The topological polar surface area (TPSA) is 102 Å². The summed E-state index contributed by atoms with van der Waals surface area (Å²) in [4.78, 5) is 22.1. The van der Waals surface area contributed by atoms with Gasteiger partial charge in [0.05, 0.1) is 18.1 Å². The lowest BCUT2D eigenvalue weighted by Crippen LogP contribution is -2.25. The van der Waals surface area contributed by atoms with E-state index in [1.165, 1.54) is 12.1 Å². The molecule has 2 N–H and O–H groups in total. The summed E-state index contributed by atoms with van der Waals surface area (Å²) in [5.74, 6) is -0.348. The minimum Gasteiger partial charge on any atom is -0.394 e. The van der Waals surface area contributed by atoms with Gasteiger partial charge in [-0.05, 0) is 25.0 Å². The highest BCUT2D eigenvalue weighted by Crippen LogP contribution is 2.16. The number of aryl methyl sites for hydroxylation is 1. The van der Waals surface area contributed by atoms with Crippen molar-refractivity contribution in [3.63, 3.8) is 0 Å². The molecule has 0 spiro atoms. The number of hydrogen-bond donors (Lipinski definition) is 2. The van der Waals surface area contributed by atoms with Crippen LogP contribution in [0, 0.1) is 17.0 Å². The molecule has 0 aliphatic rings. The fourth-order valence-electron chi connectivity index (χ4n) is 1.64. The normalized spacial score (nSPS) is 10.3. The molecule has 0 radical (unpaired) electrons. The molecule has 0 saturated carbocycles. The number of ether oxygens (including phenoxy) is 1. The Labute approximate surface area is 116 Å². The molecule has 0 bridgehead atoms. The SMILES string of the molecule is Cc1cc(C(=O)NCCCOCCO)cc([N+](=O)[O-])c1. The van der Waals surface area contributed by atoms with Crippen molar-refractivity contribution in [3.8, 4) is 0 Å². The van der Waals surface area contributed by atoms with Gasteiger partial charge in [-0.25, -0.2) is 0 Å². The highest BCUT2D eigenvalue weighted by Gasteiger charge is 2.12. The van der Waals surface area contributed by atoms with E-state index in [0.717, 1.165) is 0 Å². The van der Waals surface area contributed by atoms with Crippen molar-refractivity contribution >= 4 is 11.6 Å². The van der Waals surface area contributed by atoms with E-state index in [9.17, 15) is 14.9 Å². The van der Waals surface area contributed by atoms with Gasteiger partial charge in [0.25, 0.3) is 11.6 Å². The number of nitrogens with zero attached hydrogens (tertiary/aromatic N) is 1. The number of carbonyl (C=O) groups excluding carboxylic acids is 1. The number of aliphatic hydroxyl groups is 1. The van der Waals surface area contributed by atoms with Crippen LogP contribution in [-0.2, 0) is 4.74 Å². The number of nitro benzene ring substituents is 1. The van der Waals surface area contributed by atoms with Crippen LogP contribution >= 0.6 is 0 Å². The molecular formula is C13H18N2O5. The summed E-state index contributed by atoms with van der Waals surface area (Å²) in [7, 11) is 0. The number of non-ortho nitro benzene ring substituents is 1. The molecule has 1 rings (SSSR count). The maximum atomic E-state index is 11.8. The number of aliphatic hydroxyl groups excluding tert-OH is 1. The first kappa shape index (κ1) is 16.1. The van der Waals surface area contributed by atoms with Crippen LogP contribution in [0.15, 0.2) is 18.2 Å². The second-order valence-electron chi connectivity index (χ2n) is 4.26. The van der Waals surface area contributed by atoms with Crippen LogP contribution < -0.4 is 5.32 Å². The fraction of sp³-hybridized carbons (Fsp3) is 0.462. The number of amides is 1. The second-order valence-corrected chi connectivity index (χ2v) is 4.26. The van der Waals surface area contributed by atoms with Crippen LogP contribution in [0.4, 0.5) is 5.69 Å². The van der Waals surface area contributed by atoms with E-state index >= 15 is 0 Å². The third kappa shape index (κ3) is 5.33. The van der Waals surface area contributed by atoms with E-state index in [-0.39, 0.29) is 30.4 Å². The van der Waals surface area contributed by atoms with Gasteiger partial charge in [-0.15, -0.1) is 0 Å². The molecule has 1 aromatic carbocycles. The second kappa shape index (κ2) is 8.23. The summed E-state index contributed by atoms with van der Waals surface area (Å²) >= 11 is 0. The Balaban J connectivity index is 2.49. The minimum absolute atomic E-state index is 0.0285. The van der Waals surface area contributed by atoms with Crippen LogP contribution in [0.2, 0.25) is 0 Å². The maximum absolute atomic E-state index is 11.8. The van der Waals surface area contributed by atoms with E-state index in [1.54, 1.807) is 13.0 Å². The predicted octanol–water partition coefficient (Wildman–Crippen LogP) is 1.03. The summed E-state index contributed by atoms with van der Waals surface area (Å²) in [5.41, 5.74) is 0.838. The van der Waals surface area contributed by atoms with Gasteiger partial charge in [0.1, 0.15) is 0 Å². The molecule has 1 amide bonds. The summed E-state index contributed by atoms with van der Waals surface area (Å²) < 4.78 is 5.05. The van der Waals surface area contributed by atoms with Gasteiger partial charge in [0.2, 0.25) is 0 Å². The highest BCUT2D eigenvalue weighted by molar-refractivity contribution is 5.95. The van der Waals surface area contributed by atoms with Gasteiger partial charge in [-0.1, -0.05) is 0 Å². The number of nitro groups is 1. The van der Waals surface area contributed by atoms with Crippen molar-refractivity contribution in [3.05, 3.63) is 39.4 Å². The van der Waals surface area contributed by atoms with Crippen LogP contribution in [0.25, 0.3) is 0 Å². The molecule has 1 aromatic rings. The Morgan fingerprint density at radius 3 is 2.80 bits per heavy atom. The highest BCUT2D eigenvalue weighted by atomic mass is 16.6. The molecule has 0 aliphatic carbocycles. The largest absolute Gasteiger partial charge is 0.394 e. The molecule has 7 nitrogen and oxygen atoms in total. The molecule has 0 heterocycles. The van der Waals surface area contributed by atoms with Crippen LogP contribution in [-0.4, -0.2) is 42.3 Å². The van der Waals surface area contributed by atoms with Gasteiger partial charge in [-0.3, -0.25) is 14.9 Å². The average Bonchev–Trinajstić information content (AvgIpc) is 2.41. The maximum Gasteiger partial charge on any atom is 0.270 e. The third-order valence-corrected chi connectivity index (χ3v) is 2.52. The van der Waals surface area contributed by atoms with Gasteiger partial charge in [-0.2, -0.15) is 0 Å². The number of benzene rings is 1. The van der Waals surface area contributed by atoms with E-state index in [0.29, 0.717) is 25.1 Å². The Hall–Kier alpha value is -1.99. The average molecular weight is 282 g/mol. The molecule has 0 fully saturated rings. The van der Waals surface area contributed by atoms with Gasteiger partial charge in [0.15, 0.2) is 0 Å². The molecule has 0 aromatic heterocycles. The fourth-order valence-corrected chi connectivity index (χ4v) is 1.64. The van der Waals surface area contributed by atoms with Crippen LogP contribution in [0.3, 0.4) is 0 Å². The van der Waals surface area contributed by atoms with Gasteiger partial charge < -0.3 is 15.2 Å². The van der Waals surface area contributed by atoms with Crippen molar-refractivity contribution in [1.82, 2.24) is 5.32 Å². The van der Waals surface area contributed by atoms with E-state index in [2.05, 4.69) is 5.32 Å². The zero-order valence-corrected chi connectivity index (χ0v) is 11.3. The first-order valence-corrected chi connectivity index (χ1v) is 6.27. The molecule has 110 valence electrons.